The number of ether oxygens (including phenoxy) is 3. The van der Waals surface area contributed by atoms with Gasteiger partial charge in [-0.1, -0.05) is 30.3 Å². The van der Waals surface area contributed by atoms with Crippen LogP contribution in [0.15, 0.2) is 72.8 Å². The zero-order chi connectivity index (χ0) is 20.6. The zero-order valence-electron chi connectivity index (χ0n) is 15.9. The van der Waals surface area contributed by atoms with E-state index in [4.69, 9.17) is 24.7 Å². The molecule has 0 fully saturated rings. The minimum absolute atomic E-state index is 0.0165. The van der Waals surface area contributed by atoms with Crippen molar-refractivity contribution in [3.8, 4) is 23.0 Å². The van der Waals surface area contributed by atoms with Gasteiger partial charge in [-0.15, -0.1) is 0 Å². The fraction of sp³-hybridized carbons (Fsp3) is 0.130. The number of methoxy groups -OCH3 is 1. The maximum absolute atomic E-state index is 11.0. The molecule has 3 aromatic carbocycles. The largest absolute Gasteiger partial charge is 0.497 e. The molecule has 0 saturated heterocycles. The number of carboxylic acids is 1. The van der Waals surface area contributed by atoms with Gasteiger partial charge in [-0.3, -0.25) is 4.79 Å². The summed E-state index contributed by atoms with van der Waals surface area (Å²) in [6.07, 6.45) is -0.130. The number of carboxylic acid groups (broad SMARTS) is 1. The minimum Gasteiger partial charge on any atom is -0.497 e. The van der Waals surface area contributed by atoms with E-state index < -0.39 is 5.97 Å². The third-order valence-corrected chi connectivity index (χ3v) is 4.16. The van der Waals surface area contributed by atoms with E-state index in [0.717, 1.165) is 5.75 Å². The van der Waals surface area contributed by atoms with E-state index in [2.05, 4.69) is 0 Å². The molecule has 29 heavy (non-hydrogen) atoms. The first-order chi connectivity index (χ1) is 14.0. The topological polar surface area (TPSA) is 88.8 Å². The van der Waals surface area contributed by atoms with Crippen LogP contribution in [0.2, 0.25) is 0 Å². The van der Waals surface area contributed by atoms with Crippen LogP contribution in [0.4, 0.5) is 0 Å². The molecule has 0 atom stereocenters. The van der Waals surface area contributed by atoms with E-state index in [1.165, 1.54) is 0 Å². The molecule has 148 valence electrons. The molecule has 6 nitrogen and oxygen atoms in total. The zero-order valence-corrected chi connectivity index (χ0v) is 15.9. The van der Waals surface area contributed by atoms with Crippen molar-refractivity contribution in [1.82, 2.24) is 0 Å². The second-order valence-electron chi connectivity index (χ2n) is 6.25. The second-order valence-corrected chi connectivity index (χ2v) is 6.25. The Morgan fingerprint density at radius 3 is 2.38 bits per heavy atom. The highest BCUT2D eigenvalue weighted by Gasteiger charge is 2.10. The van der Waals surface area contributed by atoms with E-state index >= 15 is 0 Å². The second kappa shape index (κ2) is 9.41. The van der Waals surface area contributed by atoms with E-state index in [0.29, 0.717) is 28.4 Å². The van der Waals surface area contributed by atoms with E-state index in [9.17, 15) is 4.79 Å². The highest BCUT2D eigenvalue weighted by atomic mass is 16.5. The number of hydrogen-bond donors (Lipinski definition) is 2. The summed E-state index contributed by atoms with van der Waals surface area (Å²) in [4.78, 5) is 11.0. The Bertz CT molecular complexity index is 998. The van der Waals surface area contributed by atoms with Crippen molar-refractivity contribution in [3.63, 3.8) is 0 Å². The number of carbonyl (C=O) groups is 1. The van der Waals surface area contributed by atoms with Crippen LogP contribution in [0.5, 0.6) is 23.0 Å². The number of nitrogens with one attached hydrogen (secondary N) is 1. The summed E-state index contributed by atoms with van der Waals surface area (Å²) in [5.74, 6) is 1.54. The van der Waals surface area contributed by atoms with Crippen LogP contribution in [0, 0.1) is 5.41 Å². The lowest BCUT2D eigenvalue weighted by molar-refractivity contribution is -0.136. The molecule has 0 aliphatic heterocycles. The van der Waals surface area contributed by atoms with Crippen molar-refractivity contribution < 1.29 is 24.1 Å². The third kappa shape index (κ3) is 5.59. The van der Waals surface area contributed by atoms with Crippen molar-refractivity contribution in [2.45, 2.75) is 6.42 Å². The van der Waals surface area contributed by atoms with Gasteiger partial charge in [-0.2, -0.15) is 0 Å². The molecule has 6 heteroatoms. The molecule has 0 heterocycles. The highest BCUT2D eigenvalue weighted by Crippen LogP contribution is 2.25. The number of para-hydroxylation sites is 1. The summed E-state index contributed by atoms with van der Waals surface area (Å²) >= 11 is 0. The lowest BCUT2D eigenvalue weighted by atomic mass is 10.1. The number of hydrogen-bond acceptors (Lipinski definition) is 5. The van der Waals surface area contributed by atoms with Crippen LogP contribution in [-0.2, 0) is 11.2 Å². The summed E-state index contributed by atoms with van der Waals surface area (Å²) in [6.45, 7) is 0.0165. The Kier molecular flexibility index (Phi) is 6.47. The molecule has 0 radical (unpaired) electrons. The van der Waals surface area contributed by atoms with Gasteiger partial charge in [0.2, 0.25) is 0 Å². The van der Waals surface area contributed by atoms with Gasteiger partial charge in [-0.05, 0) is 42.5 Å². The molecule has 0 saturated carbocycles. The van der Waals surface area contributed by atoms with Gasteiger partial charge in [0.25, 0.3) is 0 Å². The quantitative estimate of drug-likeness (QED) is 0.522. The molecule has 0 spiro atoms. The lowest BCUT2D eigenvalue weighted by Crippen LogP contribution is -2.13. The monoisotopic (exact) mass is 391 g/mol. The van der Waals surface area contributed by atoms with E-state index in [1.807, 2.05) is 18.2 Å². The maximum Gasteiger partial charge on any atom is 0.307 e. The Morgan fingerprint density at radius 2 is 1.66 bits per heavy atom. The Labute approximate surface area is 168 Å². The Morgan fingerprint density at radius 1 is 0.931 bits per heavy atom. The van der Waals surface area contributed by atoms with Crippen LogP contribution in [0.3, 0.4) is 0 Å². The molecule has 3 aromatic rings. The molecular formula is C23H21NO5. The Hall–Kier alpha value is -3.80. The summed E-state index contributed by atoms with van der Waals surface area (Å²) < 4.78 is 16.7. The van der Waals surface area contributed by atoms with Gasteiger partial charge >= 0.3 is 5.97 Å². The summed E-state index contributed by atoms with van der Waals surface area (Å²) in [6, 6.07) is 21.3. The van der Waals surface area contributed by atoms with Crippen molar-refractivity contribution in [3.05, 3.63) is 83.9 Å². The molecule has 0 aromatic heterocycles. The maximum atomic E-state index is 11.0. The lowest BCUT2D eigenvalue weighted by Gasteiger charge is -2.12. The van der Waals surface area contributed by atoms with Crippen molar-refractivity contribution in [1.29, 1.82) is 5.41 Å². The molecule has 3 rings (SSSR count). The predicted octanol–water partition coefficient (Wildman–Crippen LogP) is 4.56. The molecule has 0 unspecified atom stereocenters. The fourth-order valence-corrected chi connectivity index (χ4v) is 2.71. The summed E-state index contributed by atoms with van der Waals surface area (Å²) in [7, 11) is 1.60. The van der Waals surface area contributed by atoms with Crippen LogP contribution in [0.25, 0.3) is 0 Å². The van der Waals surface area contributed by atoms with Crippen molar-refractivity contribution in [2.24, 2.45) is 0 Å². The van der Waals surface area contributed by atoms with Crippen LogP contribution >= 0.6 is 0 Å². The van der Waals surface area contributed by atoms with Crippen LogP contribution in [0.1, 0.15) is 11.1 Å². The predicted molar refractivity (Wildman–Crippen MR) is 110 cm³/mol. The molecular weight excluding hydrogens is 370 g/mol. The normalized spacial score (nSPS) is 10.2. The van der Waals surface area contributed by atoms with E-state index in [-0.39, 0.29) is 18.7 Å². The fourth-order valence-electron chi connectivity index (χ4n) is 2.71. The van der Waals surface area contributed by atoms with Gasteiger partial charge in [-0.25, -0.2) is 0 Å². The minimum atomic E-state index is -0.931. The SMILES string of the molecule is COc1ccc(Oc2cccc(C(=N)COc3ccccc3CC(=O)O)c2)cc1. The molecule has 0 aliphatic carbocycles. The summed E-state index contributed by atoms with van der Waals surface area (Å²) in [5.41, 5.74) is 1.49. The average Bonchev–Trinajstić information content (AvgIpc) is 2.73. The average molecular weight is 391 g/mol. The molecule has 0 amide bonds. The van der Waals surface area contributed by atoms with Gasteiger partial charge in [0.15, 0.2) is 0 Å². The van der Waals surface area contributed by atoms with Crippen LogP contribution in [-0.4, -0.2) is 30.5 Å². The van der Waals surface area contributed by atoms with Gasteiger partial charge in [0, 0.05) is 11.1 Å². The third-order valence-electron chi connectivity index (χ3n) is 4.16. The smallest absolute Gasteiger partial charge is 0.307 e. The first-order valence-corrected chi connectivity index (χ1v) is 8.97. The standard InChI is InChI=1S/C23H21NO5/c1-27-18-9-11-19(12-10-18)29-20-7-4-6-16(13-20)21(24)15-28-22-8-3-2-5-17(22)14-23(25)26/h2-13,24H,14-15H2,1H3,(H,25,26). The first kappa shape index (κ1) is 19.9. The van der Waals surface area contributed by atoms with Crippen LogP contribution < -0.4 is 14.2 Å². The van der Waals surface area contributed by atoms with Crippen molar-refractivity contribution in [2.75, 3.05) is 13.7 Å². The van der Waals surface area contributed by atoms with Gasteiger partial charge < -0.3 is 24.7 Å². The number of benzene rings is 3. The molecule has 0 bridgehead atoms. The van der Waals surface area contributed by atoms with Crippen molar-refractivity contribution >= 4 is 11.7 Å². The van der Waals surface area contributed by atoms with E-state index in [1.54, 1.807) is 61.7 Å². The molecule has 2 N–H and O–H groups in total. The number of aliphatic carboxylic acids is 1. The molecule has 0 aliphatic rings. The summed E-state index contributed by atoms with van der Waals surface area (Å²) in [5, 5.41) is 17.3. The first-order valence-electron chi connectivity index (χ1n) is 8.97. The van der Waals surface area contributed by atoms with Gasteiger partial charge in [0.05, 0.1) is 19.2 Å². The highest BCUT2D eigenvalue weighted by molar-refractivity contribution is 5.99. The van der Waals surface area contributed by atoms with Gasteiger partial charge in [0.1, 0.15) is 29.6 Å². The Balaban J connectivity index is 1.66. The number of rotatable bonds is 9.